The van der Waals surface area contributed by atoms with Crippen molar-refractivity contribution in [3.8, 4) is 0 Å². The molecule has 1 atom stereocenters. The minimum atomic E-state index is -0.120. The van der Waals surface area contributed by atoms with Crippen molar-refractivity contribution in [1.82, 2.24) is 0 Å². The van der Waals surface area contributed by atoms with E-state index < -0.39 is 0 Å². The molecule has 0 spiro atoms. The van der Waals surface area contributed by atoms with Crippen LogP contribution in [0.15, 0.2) is 24.3 Å². The molecule has 3 heteroatoms. The number of halogens is 1. The van der Waals surface area contributed by atoms with Crippen LogP contribution in [0.2, 0.25) is 5.02 Å². The van der Waals surface area contributed by atoms with Crippen LogP contribution >= 0.6 is 11.6 Å². The van der Waals surface area contributed by atoms with Gasteiger partial charge >= 0.3 is 5.97 Å². The third-order valence-corrected chi connectivity index (χ3v) is 4.19. The molecule has 0 heterocycles. The van der Waals surface area contributed by atoms with Crippen LogP contribution < -0.4 is 0 Å². The van der Waals surface area contributed by atoms with Crippen molar-refractivity contribution in [3.63, 3.8) is 0 Å². The second kappa shape index (κ2) is 6.95. The van der Waals surface area contributed by atoms with Crippen LogP contribution in [-0.4, -0.2) is 12.6 Å². The highest BCUT2D eigenvalue weighted by atomic mass is 35.5. The fraction of sp³-hybridized carbons (Fsp3) is 0.562. The zero-order chi connectivity index (χ0) is 13.7. The van der Waals surface area contributed by atoms with Gasteiger partial charge in [0.05, 0.1) is 6.61 Å². The number of rotatable bonds is 5. The van der Waals surface area contributed by atoms with E-state index in [0.29, 0.717) is 18.9 Å². The third-order valence-electron chi connectivity index (χ3n) is 3.96. The zero-order valence-electron chi connectivity index (χ0n) is 11.4. The first-order valence-electron chi connectivity index (χ1n) is 7.11. The minimum Gasteiger partial charge on any atom is -0.465 e. The van der Waals surface area contributed by atoms with E-state index in [4.69, 9.17) is 16.3 Å². The van der Waals surface area contributed by atoms with E-state index >= 15 is 0 Å². The fourth-order valence-corrected chi connectivity index (χ4v) is 3.08. The molecule has 2 nitrogen and oxygen atoms in total. The lowest BCUT2D eigenvalue weighted by Gasteiger charge is -2.23. The van der Waals surface area contributed by atoms with Crippen molar-refractivity contribution in [2.75, 3.05) is 6.61 Å². The van der Waals surface area contributed by atoms with Crippen molar-refractivity contribution in [2.24, 2.45) is 5.92 Å². The number of hydrogen-bond donors (Lipinski definition) is 0. The smallest absolute Gasteiger partial charge is 0.305 e. The molecule has 0 aliphatic heterocycles. The Bertz CT molecular complexity index is 425. The van der Waals surface area contributed by atoms with Crippen LogP contribution in [0.1, 0.15) is 50.5 Å². The van der Waals surface area contributed by atoms with Crippen LogP contribution in [0.25, 0.3) is 0 Å². The SMILES string of the molecule is CCC(=O)OCC(c1cccc(Cl)c1)C1CCCC1. The molecule has 0 saturated heterocycles. The average molecular weight is 281 g/mol. The number of esters is 1. The molecule has 1 aliphatic rings. The van der Waals surface area contributed by atoms with Gasteiger partial charge in [0.15, 0.2) is 0 Å². The van der Waals surface area contributed by atoms with Gasteiger partial charge in [-0.25, -0.2) is 0 Å². The molecule has 1 aliphatic carbocycles. The Balaban J connectivity index is 2.11. The summed E-state index contributed by atoms with van der Waals surface area (Å²) in [7, 11) is 0. The van der Waals surface area contributed by atoms with Gasteiger partial charge in [-0.05, 0) is 36.5 Å². The first-order valence-corrected chi connectivity index (χ1v) is 7.49. The van der Waals surface area contributed by atoms with Crippen molar-refractivity contribution in [1.29, 1.82) is 0 Å². The molecule has 0 bridgehead atoms. The molecule has 1 saturated carbocycles. The molecule has 1 aromatic rings. The third kappa shape index (κ3) is 3.97. The van der Waals surface area contributed by atoms with Crippen molar-refractivity contribution < 1.29 is 9.53 Å². The monoisotopic (exact) mass is 280 g/mol. The van der Waals surface area contributed by atoms with Gasteiger partial charge in [-0.3, -0.25) is 4.79 Å². The quantitative estimate of drug-likeness (QED) is 0.739. The number of hydrogen-bond acceptors (Lipinski definition) is 2. The molecule has 19 heavy (non-hydrogen) atoms. The first-order chi connectivity index (χ1) is 9.20. The minimum absolute atomic E-state index is 0.120. The molecular formula is C16H21ClO2. The highest BCUT2D eigenvalue weighted by Crippen LogP contribution is 2.38. The van der Waals surface area contributed by atoms with Gasteiger partial charge in [0.2, 0.25) is 0 Å². The van der Waals surface area contributed by atoms with Crippen LogP contribution in [0.5, 0.6) is 0 Å². The number of carbonyl (C=O) groups is 1. The zero-order valence-corrected chi connectivity index (χ0v) is 12.2. The maximum Gasteiger partial charge on any atom is 0.305 e. The fourth-order valence-electron chi connectivity index (χ4n) is 2.89. The predicted molar refractivity (Wildman–Crippen MR) is 77.4 cm³/mol. The lowest BCUT2D eigenvalue weighted by Crippen LogP contribution is -2.18. The van der Waals surface area contributed by atoms with E-state index in [1.165, 1.54) is 31.2 Å². The van der Waals surface area contributed by atoms with Gasteiger partial charge in [0.1, 0.15) is 0 Å². The lowest BCUT2D eigenvalue weighted by atomic mass is 9.85. The van der Waals surface area contributed by atoms with E-state index in [0.717, 1.165) is 5.02 Å². The van der Waals surface area contributed by atoms with Crippen molar-refractivity contribution in [3.05, 3.63) is 34.9 Å². The summed E-state index contributed by atoms with van der Waals surface area (Å²) in [6.45, 7) is 2.31. The van der Waals surface area contributed by atoms with Gasteiger partial charge in [-0.15, -0.1) is 0 Å². The molecule has 0 aromatic heterocycles. The van der Waals surface area contributed by atoms with E-state index in [2.05, 4.69) is 6.07 Å². The van der Waals surface area contributed by atoms with Crippen LogP contribution in [0.3, 0.4) is 0 Å². The summed E-state index contributed by atoms with van der Waals surface area (Å²) in [5.74, 6) is 0.782. The normalized spacial score (nSPS) is 17.4. The molecule has 104 valence electrons. The molecule has 2 rings (SSSR count). The highest BCUT2D eigenvalue weighted by molar-refractivity contribution is 6.30. The summed E-state index contributed by atoms with van der Waals surface area (Å²) >= 11 is 6.08. The summed E-state index contributed by atoms with van der Waals surface area (Å²) in [4.78, 5) is 11.4. The number of carbonyl (C=O) groups excluding carboxylic acids is 1. The van der Waals surface area contributed by atoms with E-state index in [1.807, 2.05) is 25.1 Å². The topological polar surface area (TPSA) is 26.3 Å². The van der Waals surface area contributed by atoms with Crippen molar-refractivity contribution >= 4 is 17.6 Å². The largest absolute Gasteiger partial charge is 0.465 e. The first kappa shape index (κ1) is 14.4. The maximum atomic E-state index is 11.4. The Morgan fingerprint density at radius 1 is 1.42 bits per heavy atom. The Hall–Kier alpha value is -1.02. The standard InChI is InChI=1S/C16H21ClO2/c1-2-16(18)19-11-15(12-6-3-4-7-12)13-8-5-9-14(17)10-13/h5,8-10,12,15H,2-4,6-7,11H2,1H3. The molecule has 1 unspecified atom stereocenters. The Morgan fingerprint density at radius 3 is 2.79 bits per heavy atom. The van der Waals surface area contributed by atoms with Crippen molar-refractivity contribution in [2.45, 2.75) is 44.9 Å². The van der Waals surface area contributed by atoms with Crippen LogP contribution in [0.4, 0.5) is 0 Å². The van der Waals surface area contributed by atoms with Gasteiger partial charge in [0, 0.05) is 17.4 Å². The van der Waals surface area contributed by atoms with Crippen LogP contribution in [0, 0.1) is 5.92 Å². The highest BCUT2D eigenvalue weighted by Gasteiger charge is 2.27. The van der Waals surface area contributed by atoms with E-state index in [9.17, 15) is 4.79 Å². The van der Waals surface area contributed by atoms with Gasteiger partial charge in [-0.1, -0.05) is 43.5 Å². The molecule has 1 fully saturated rings. The Labute approximate surface area is 120 Å². The van der Waals surface area contributed by atoms with Gasteiger partial charge in [0.25, 0.3) is 0 Å². The molecule has 0 N–H and O–H groups in total. The molecule has 1 aromatic carbocycles. The second-order valence-electron chi connectivity index (χ2n) is 5.24. The second-order valence-corrected chi connectivity index (χ2v) is 5.68. The Kier molecular flexibility index (Phi) is 5.26. The number of benzene rings is 1. The summed E-state index contributed by atoms with van der Waals surface area (Å²) in [6, 6.07) is 7.95. The summed E-state index contributed by atoms with van der Waals surface area (Å²) in [5.41, 5.74) is 1.20. The molecular weight excluding hydrogens is 260 g/mol. The summed E-state index contributed by atoms with van der Waals surface area (Å²) in [5, 5.41) is 0.752. The summed E-state index contributed by atoms with van der Waals surface area (Å²) in [6.07, 6.45) is 5.45. The predicted octanol–water partition coefficient (Wildman–Crippen LogP) is 4.57. The van der Waals surface area contributed by atoms with E-state index in [1.54, 1.807) is 0 Å². The van der Waals surface area contributed by atoms with E-state index in [-0.39, 0.29) is 11.9 Å². The number of ether oxygens (including phenoxy) is 1. The molecule has 0 radical (unpaired) electrons. The van der Waals surface area contributed by atoms with Gasteiger partial charge in [-0.2, -0.15) is 0 Å². The average Bonchev–Trinajstić information content (AvgIpc) is 2.93. The van der Waals surface area contributed by atoms with Crippen LogP contribution in [-0.2, 0) is 9.53 Å². The maximum absolute atomic E-state index is 11.4. The summed E-state index contributed by atoms with van der Waals surface area (Å²) < 4.78 is 5.38. The van der Waals surface area contributed by atoms with Gasteiger partial charge < -0.3 is 4.74 Å². The molecule has 0 amide bonds. The lowest BCUT2D eigenvalue weighted by molar-refractivity contribution is -0.144. The Morgan fingerprint density at radius 2 is 2.16 bits per heavy atom.